The standard InChI is InChI=1S/C13H13NO5/c1-18-13(17)5-3-10(15)8-2-4-11-9(6-8)7-12(16)14-19-11/h2,4,6H,3,5,7H2,1H3,(H,14,16). The lowest BCUT2D eigenvalue weighted by Crippen LogP contribution is -2.33. The summed E-state index contributed by atoms with van der Waals surface area (Å²) >= 11 is 0. The minimum Gasteiger partial charge on any atom is -0.469 e. The Morgan fingerprint density at radius 3 is 2.89 bits per heavy atom. The zero-order chi connectivity index (χ0) is 13.8. The van der Waals surface area contributed by atoms with Crippen LogP contribution in [0.3, 0.4) is 0 Å². The van der Waals surface area contributed by atoms with Crippen LogP contribution in [0.5, 0.6) is 5.75 Å². The van der Waals surface area contributed by atoms with E-state index in [2.05, 4.69) is 10.2 Å². The molecule has 0 saturated carbocycles. The molecule has 1 amide bonds. The molecule has 0 saturated heterocycles. The molecule has 0 aromatic heterocycles. The molecule has 0 fully saturated rings. The van der Waals surface area contributed by atoms with Crippen molar-refractivity contribution in [1.82, 2.24) is 5.48 Å². The molecule has 0 bridgehead atoms. The summed E-state index contributed by atoms with van der Waals surface area (Å²) in [4.78, 5) is 39.0. The SMILES string of the molecule is COC(=O)CCC(=O)c1ccc2c(c1)CC(=O)NO2. The third kappa shape index (κ3) is 3.09. The second kappa shape index (κ2) is 5.51. The highest BCUT2D eigenvalue weighted by atomic mass is 16.7. The fraction of sp³-hybridized carbons (Fsp3) is 0.308. The Morgan fingerprint density at radius 2 is 2.16 bits per heavy atom. The highest BCUT2D eigenvalue weighted by Gasteiger charge is 2.18. The summed E-state index contributed by atoms with van der Waals surface area (Å²) in [6.45, 7) is 0. The van der Waals surface area contributed by atoms with Gasteiger partial charge in [-0.1, -0.05) is 0 Å². The normalized spacial score (nSPS) is 13.0. The van der Waals surface area contributed by atoms with Crippen molar-refractivity contribution in [2.45, 2.75) is 19.3 Å². The van der Waals surface area contributed by atoms with E-state index in [0.29, 0.717) is 16.9 Å². The van der Waals surface area contributed by atoms with Gasteiger partial charge in [0.05, 0.1) is 20.0 Å². The minimum atomic E-state index is -0.422. The van der Waals surface area contributed by atoms with Crippen molar-refractivity contribution in [3.63, 3.8) is 0 Å². The number of rotatable bonds is 4. The molecule has 1 aliphatic heterocycles. The maximum atomic E-state index is 11.9. The van der Waals surface area contributed by atoms with Crippen LogP contribution in [0.2, 0.25) is 0 Å². The molecule has 1 N–H and O–H groups in total. The van der Waals surface area contributed by atoms with Gasteiger partial charge in [-0.25, -0.2) is 0 Å². The molecule has 0 spiro atoms. The Hall–Kier alpha value is -2.37. The first-order valence-corrected chi connectivity index (χ1v) is 5.79. The van der Waals surface area contributed by atoms with Gasteiger partial charge in [-0.15, -0.1) is 0 Å². The number of esters is 1. The summed E-state index contributed by atoms with van der Waals surface area (Å²) in [5, 5.41) is 0. The number of carbonyl (C=O) groups is 3. The maximum absolute atomic E-state index is 11.9. The topological polar surface area (TPSA) is 81.7 Å². The molecule has 0 unspecified atom stereocenters. The first-order valence-electron chi connectivity index (χ1n) is 5.79. The summed E-state index contributed by atoms with van der Waals surface area (Å²) in [5.74, 6) is -0.316. The average molecular weight is 263 g/mol. The molecular formula is C13H13NO5. The van der Waals surface area contributed by atoms with Gasteiger partial charge in [0.25, 0.3) is 5.91 Å². The summed E-state index contributed by atoms with van der Waals surface area (Å²) in [5.41, 5.74) is 3.37. The molecule has 1 aromatic carbocycles. The van der Waals surface area contributed by atoms with Gasteiger partial charge < -0.3 is 9.57 Å². The van der Waals surface area contributed by atoms with Gasteiger partial charge in [-0.05, 0) is 18.2 Å². The van der Waals surface area contributed by atoms with E-state index in [1.807, 2.05) is 0 Å². The lowest BCUT2D eigenvalue weighted by atomic mass is 10.0. The van der Waals surface area contributed by atoms with E-state index in [1.165, 1.54) is 7.11 Å². The highest BCUT2D eigenvalue weighted by Crippen LogP contribution is 2.23. The molecule has 1 heterocycles. The lowest BCUT2D eigenvalue weighted by Gasteiger charge is -2.17. The number of methoxy groups -OCH3 is 1. The van der Waals surface area contributed by atoms with Crippen LogP contribution in [0, 0.1) is 0 Å². The van der Waals surface area contributed by atoms with Gasteiger partial charge in [0.15, 0.2) is 11.5 Å². The monoisotopic (exact) mass is 263 g/mol. The van der Waals surface area contributed by atoms with Crippen molar-refractivity contribution < 1.29 is 24.0 Å². The van der Waals surface area contributed by atoms with E-state index in [0.717, 1.165) is 0 Å². The van der Waals surface area contributed by atoms with Gasteiger partial charge >= 0.3 is 5.97 Å². The van der Waals surface area contributed by atoms with Gasteiger partial charge in [-0.3, -0.25) is 14.4 Å². The highest BCUT2D eigenvalue weighted by molar-refractivity contribution is 5.98. The second-order valence-electron chi connectivity index (χ2n) is 4.13. The quantitative estimate of drug-likeness (QED) is 0.641. The van der Waals surface area contributed by atoms with Crippen molar-refractivity contribution in [3.8, 4) is 5.75 Å². The zero-order valence-corrected chi connectivity index (χ0v) is 10.4. The van der Waals surface area contributed by atoms with E-state index in [-0.39, 0.29) is 31.0 Å². The number of Topliss-reactive ketones (excluding diaryl/α,β-unsaturated/α-hetero) is 1. The van der Waals surface area contributed by atoms with Crippen LogP contribution in [-0.4, -0.2) is 24.8 Å². The number of ether oxygens (including phenoxy) is 1. The van der Waals surface area contributed by atoms with Crippen molar-refractivity contribution in [2.75, 3.05) is 7.11 Å². The Bertz CT molecular complexity index is 538. The van der Waals surface area contributed by atoms with Crippen LogP contribution >= 0.6 is 0 Å². The van der Waals surface area contributed by atoms with Crippen LogP contribution in [0.1, 0.15) is 28.8 Å². The van der Waals surface area contributed by atoms with Crippen LogP contribution in [0.4, 0.5) is 0 Å². The van der Waals surface area contributed by atoms with Crippen LogP contribution in [-0.2, 0) is 20.7 Å². The summed E-state index contributed by atoms with van der Waals surface area (Å²) in [6, 6.07) is 4.85. The molecule has 2 rings (SSSR count). The van der Waals surface area contributed by atoms with E-state index < -0.39 is 5.97 Å². The number of nitrogens with one attached hydrogen (secondary N) is 1. The zero-order valence-electron chi connectivity index (χ0n) is 10.4. The van der Waals surface area contributed by atoms with Gasteiger partial charge in [0, 0.05) is 17.5 Å². The number of hydroxylamine groups is 1. The van der Waals surface area contributed by atoms with Crippen molar-refractivity contribution in [1.29, 1.82) is 0 Å². The maximum Gasteiger partial charge on any atom is 0.305 e. The largest absolute Gasteiger partial charge is 0.469 e. The number of amides is 1. The summed E-state index contributed by atoms with van der Waals surface area (Å²) in [6.07, 6.45) is 0.301. The third-order valence-corrected chi connectivity index (χ3v) is 2.79. The molecule has 6 heteroatoms. The molecule has 6 nitrogen and oxygen atoms in total. The molecule has 1 aromatic rings. The summed E-state index contributed by atoms with van der Waals surface area (Å²) in [7, 11) is 1.28. The Kier molecular flexibility index (Phi) is 3.79. The first-order chi connectivity index (χ1) is 9.10. The molecular weight excluding hydrogens is 250 g/mol. The lowest BCUT2D eigenvalue weighted by molar-refractivity contribution is -0.140. The van der Waals surface area contributed by atoms with Crippen molar-refractivity contribution in [2.24, 2.45) is 0 Å². The predicted molar refractivity (Wildman–Crippen MR) is 64.5 cm³/mol. The van der Waals surface area contributed by atoms with E-state index in [1.54, 1.807) is 18.2 Å². The van der Waals surface area contributed by atoms with Crippen LogP contribution < -0.4 is 10.3 Å². The molecule has 0 atom stereocenters. The van der Waals surface area contributed by atoms with Gasteiger partial charge in [0.1, 0.15) is 0 Å². The number of fused-ring (bicyclic) bond motifs is 1. The number of hydrogen-bond donors (Lipinski definition) is 1. The fourth-order valence-corrected chi connectivity index (χ4v) is 1.77. The van der Waals surface area contributed by atoms with Crippen LogP contribution in [0.25, 0.3) is 0 Å². The minimum absolute atomic E-state index is 0.0450. The fourth-order valence-electron chi connectivity index (χ4n) is 1.77. The van der Waals surface area contributed by atoms with Crippen molar-refractivity contribution >= 4 is 17.7 Å². The average Bonchev–Trinajstić information content (AvgIpc) is 2.43. The smallest absolute Gasteiger partial charge is 0.305 e. The van der Waals surface area contributed by atoms with E-state index in [4.69, 9.17) is 4.84 Å². The second-order valence-corrected chi connectivity index (χ2v) is 4.13. The molecule has 19 heavy (non-hydrogen) atoms. The molecule has 1 aliphatic rings. The first kappa shape index (κ1) is 13.1. The number of ketones is 1. The molecule has 0 aliphatic carbocycles. The van der Waals surface area contributed by atoms with Gasteiger partial charge in [0.2, 0.25) is 0 Å². The Balaban J connectivity index is 2.09. The van der Waals surface area contributed by atoms with E-state index >= 15 is 0 Å². The van der Waals surface area contributed by atoms with Gasteiger partial charge in [-0.2, -0.15) is 5.48 Å². The van der Waals surface area contributed by atoms with Crippen molar-refractivity contribution in [3.05, 3.63) is 29.3 Å². The third-order valence-electron chi connectivity index (χ3n) is 2.79. The summed E-state index contributed by atoms with van der Waals surface area (Å²) < 4.78 is 4.48. The predicted octanol–water partition coefficient (Wildman–Crippen LogP) is 0.789. The number of benzene rings is 1. The van der Waals surface area contributed by atoms with E-state index in [9.17, 15) is 14.4 Å². The van der Waals surface area contributed by atoms with Crippen LogP contribution in [0.15, 0.2) is 18.2 Å². The Labute approximate surface area is 109 Å². The Morgan fingerprint density at radius 1 is 1.37 bits per heavy atom. The molecule has 100 valence electrons. The number of hydrogen-bond acceptors (Lipinski definition) is 5. The molecule has 0 radical (unpaired) electrons. The number of carbonyl (C=O) groups excluding carboxylic acids is 3.